The van der Waals surface area contributed by atoms with Crippen LogP contribution in [0.25, 0.3) is 0 Å². The summed E-state index contributed by atoms with van der Waals surface area (Å²) in [6.07, 6.45) is 8.34. The highest BCUT2D eigenvalue weighted by Gasteiger charge is 2.34. The number of piperidine rings is 1. The maximum Gasteiger partial charge on any atom is 0.222 e. The Bertz CT molecular complexity index is 325. The molecule has 0 bridgehead atoms. The fourth-order valence-electron chi connectivity index (χ4n) is 3.59. The van der Waals surface area contributed by atoms with E-state index in [0.717, 1.165) is 24.3 Å². The number of nitrogens with zero attached hydrogens (tertiary/aromatic N) is 1. The molecule has 20 heavy (non-hydrogen) atoms. The van der Waals surface area contributed by atoms with Gasteiger partial charge in [-0.05, 0) is 43.4 Å². The molecular formula is C17H30N2O. The monoisotopic (exact) mass is 278 g/mol. The molecular weight excluding hydrogens is 248 g/mol. The van der Waals surface area contributed by atoms with E-state index in [1.165, 1.54) is 51.6 Å². The molecule has 2 saturated carbocycles. The molecule has 1 aliphatic heterocycles. The summed E-state index contributed by atoms with van der Waals surface area (Å²) in [6, 6.07) is 0.390. The van der Waals surface area contributed by atoms with Crippen LogP contribution in [0.3, 0.4) is 0 Å². The van der Waals surface area contributed by atoms with Crippen molar-refractivity contribution in [3.63, 3.8) is 0 Å². The number of likely N-dealkylation sites (tertiary alicyclic amines) is 1. The summed E-state index contributed by atoms with van der Waals surface area (Å²) < 4.78 is 0. The Morgan fingerprint density at radius 3 is 2.40 bits per heavy atom. The molecule has 3 aliphatic rings. The van der Waals surface area contributed by atoms with Crippen molar-refractivity contribution in [1.29, 1.82) is 0 Å². The van der Waals surface area contributed by atoms with Gasteiger partial charge in [0.1, 0.15) is 0 Å². The third-order valence-electron chi connectivity index (χ3n) is 5.06. The van der Waals surface area contributed by atoms with Gasteiger partial charge in [0.25, 0.3) is 0 Å². The summed E-state index contributed by atoms with van der Waals surface area (Å²) in [5.74, 6) is 3.11. The van der Waals surface area contributed by atoms with Crippen molar-refractivity contribution in [2.75, 3.05) is 19.6 Å². The minimum Gasteiger partial charge on any atom is -0.352 e. The fraction of sp³-hybridized carbons (Fsp3) is 0.941. The van der Waals surface area contributed by atoms with E-state index in [2.05, 4.69) is 10.2 Å². The maximum atomic E-state index is 12.0. The molecule has 3 rings (SSSR count). The lowest BCUT2D eigenvalue weighted by atomic mass is 9.89. The normalized spacial score (nSPS) is 31.6. The predicted octanol–water partition coefficient (Wildman–Crippen LogP) is 2.66. The zero-order valence-corrected chi connectivity index (χ0v) is 13.1. The molecule has 114 valence electrons. The van der Waals surface area contributed by atoms with Gasteiger partial charge in [-0.15, -0.1) is 0 Å². The minimum atomic E-state index is 0.107. The first-order chi connectivity index (χ1) is 9.60. The maximum absolute atomic E-state index is 12.0. The lowest BCUT2D eigenvalue weighted by Crippen LogP contribution is -2.52. The second-order valence-corrected chi connectivity index (χ2v) is 7.80. The zero-order valence-electron chi connectivity index (χ0n) is 13.1. The van der Waals surface area contributed by atoms with Crippen molar-refractivity contribution < 1.29 is 4.79 Å². The Labute approximate surface area is 123 Å². The van der Waals surface area contributed by atoms with Gasteiger partial charge >= 0.3 is 0 Å². The molecule has 2 unspecified atom stereocenters. The van der Waals surface area contributed by atoms with Crippen LogP contribution in [-0.2, 0) is 4.79 Å². The summed E-state index contributed by atoms with van der Waals surface area (Å²) in [5, 5.41) is 3.28. The number of nitrogens with one attached hydrogen (secondary N) is 1. The first-order valence-corrected chi connectivity index (χ1v) is 8.63. The van der Waals surface area contributed by atoms with Gasteiger partial charge in [0.2, 0.25) is 5.91 Å². The van der Waals surface area contributed by atoms with Crippen LogP contribution in [0, 0.1) is 23.7 Å². The van der Waals surface area contributed by atoms with Crippen LogP contribution in [0.4, 0.5) is 0 Å². The van der Waals surface area contributed by atoms with Gasteiger partial charge < -0.3 is 10.2 Å². The van der Waals surface area contributed by atoms with E-state index in [4.69, 9.17) is 0 Å². The summed E-state index contributed by atoms with van der Waals surface area (Å²) in [5.41, 5.74) is 0. The van der Waals surface area contributed by atoms with E-state index in [1.807, 2.05) is 13.8 Å². The van der Waals surface area contributed by atoms with Crippen LogP contribution < -0.4 is 5.32 Å². The third-order valence-corrected chi connectivity index (χ3v) is 5.06. The third kappa shape index (κ3) is 4.21. The fourth-order valence-corrected chi connectivity index (χ4v) is 3.59. The number of hydrogen-bond donors (Lipinski definition) is 1. The van der Waals surface area contributed by atoms with Crippen molar-refractivity contribution in [2.24, 2.45) is 23.7 Å². The Morgan fingerprint density at radius 2 is 1.80 bits per heavy atom. The van der Waals surface area contributed by atoms with Gasteiger partial charge in [0, 0.05) is 31.6 Å². The quantitative estimate of drug-likeness (QED) is 0.810. The van der Waals surface area contributed by atoms with Crippen LogP contribution in [-0.4, -0.2) is 36.5 Å². The van der Waals surface area contributed by atoms with E-state index in [1.54, 1.807) is 0 Å². The Balaban J connectivity index is 1.54. The molecule has 0 radical (unpaired) electrons. The van der Waals surface area contributed by atoms with Gasteiger partial charge in [0.05, 0.1) is 0 Å². The molecule has 1 amide bonds. The number of amides is 1. The number of rotatable bonds is 6. The highest BCUT2D eigenvalue weighted by molar-refractivity contribution is 5.78. The zero-order chi connectivity index (χ0) is 14.1. The molecule has 0 aromatic heterocycles. The Hall–Kier alpha value is -0.570. The molecule has 3 heteroatoms. The first-order valence-electron chi connectivity index (χ1n) is 8.63. The average molecular weight is 278 g/mol. The van der Waals surface area contributed by atoms with E-state index < -0.39 is 0 Å². The molecule has 3 nitrogen and oxygen atoms in total. The average Bonchev–Trinajstić information content (AvgIpc) is 3.25. The van der Waals surface area contributed by atoms with Crippen LogP contribution in [0.5, 0.6) is 0 Å². The Kier molecular flexibility index (Phi) is 4.34. The first kappa shape index (κ1) is 14.4. The molecule has 2 aliphatic carbocycles. The Morgan fingerprint density at radius 1 is 1.10 bits per heavy atom. The second kappa shape index (κ2) is 6.05. The van der Waals surface area contributed by atoms with Gasteiger partial charge in [-0.2, -0.15) is 0 Å². The van der Waals surface area contributed by atoms with Gasteiger partial charge in [0.15, 0.2) is 0 Å². The molecule has 1 N–H and O–H groups in total. The standard InChI is InChI=1S/C17H30N2O/c1-12(2)17(20)18-16-8-15(7-13-3-4-13)10-19(11-16)9-14-5-6-14/h12-16H,3-11H2,1-2H3,(H,18,20). The van der Waals surface area contributed by atoms with Gasteiger partial charge in [-0.1, -0.05) is 26.7 Å². The molecule has 0 spiro atoms. The topological polar surface area (TPSA) is 32.3 Å². The van der Waals surface area contributed by atoms with Gasteiger partial charge in [-0.25, -0.2) is 0 Å². The summed E-state index contributed by atoms with van der Waals surface area (Å²) >= 11 is 0. The number of hydrogen-bond acceptors (Lipinski definition) is 2. The molecule has 0 aromatic rings. The van der Waals surface area contributed by atoms with Crippen molar-refractivity contribution >= 4 is 5.91 Å². The van der Waals surface area contributed by atoms with E-state index in [0.29, 0.717) is 6.04 Å². The van der Waals surface area contributed by atoms with Crippen molar-refractivity contribution in [3.05, 3.63) is 0 Å². The highest BCUT2D eigenvalue weighted by atomic mass is 16.1. The lowest BCUT2D eigenvalue weighted by Gasteiger charge is -2.38. The van der Waals surface area contributed by atoms with Gasteiger partial charge in [-0.3, -0.25) is 4.79 Å². The lowest BCUT2D eigenvalue weighted by molar-refractivity contribution is -0.125. The molecule has 1 saturated heterocycles. The van der Waals surface area contributed by atoms with Crippen molar-refractivity contribution in [1.82, 2.24) is 10.2 Å². The summed E-state index contributed by atoms with van der Waals surface area (Å²) in [4.78, 5) is 14.6. The molecule has 1 heterocycles. The summed E-state index contributed by atoms with van der Waals surface area (Å²) in [7, 11) is 0. The number of carbonyl (C=O) groups is 1. The molecule has 0 aromatic carbocycles. The summed E-state index contributed by atoms with van der Waals surface area (Å²) in [6.45, 7) is 7.61. The molecule has 2 atom stereocenters. The van der Waals surface area contributed by atoms with E-state index >= 15 is 0 Å². The minimum absolute atomic E-state index is 0.107. The number of carbonyl (C=O) groups excluding carboxylic acids is 1. The van der Waals surface area contributed by atoms with E-state index in [9.17, 15) is 4.79 Å². The largest absolute Gasteiger partial charge is 0.352 e. The SMILES string of the molecule is CC(C)C(=O)NC1CC(CC2CC2)CN(CC2CC2)C1. The van der Waals surface area contributed by atoms with Crippen molar-refractivity contribution in [2.45, 2.75) is 58.4 Å². The van der Waals surface area contributed by atoms with Crippen LogP contribution in [0.1, 0.15) is 52.4 Å². The smallest absolute Gasteiger partial charge is 0.222 e. The predicted molar refractivity (Wildman–Crippen MR) is 81.4 cm³/mol. The molecule has 3 fully saturated rings. The highest BCUT2D eigenvalue weighted by Crippen LogP contribution is 2.38. The van der Waals surface area contributed by atoms with Crippen molar-refractivity contribution in [3.8, 4) is 0 Å². The van der Waals surface area contributed by atoms with Crippen LogP contribution >= 0.6 is 0 Å². The second-order valence-electron chi connectivity index (χ2n) is 7.80. The van der Waals surface area contributed by atoms with Crippen LogP contribution in [0.15, 0.2) is 0 Å². The van der Waals surface area contributed by atoms with E-state index in [-0.39, 0.29) is 11.8 Å². The van der Waals surface area contributed by atoms with Crippen LogP contribution in [0.2, 0.25) is 0 Å².